The maximum absolute atomic E-state index is 6.13. The van der Waals surface area contributed by atoms with E-state index in [0.717, 1.165) is 46.5 Å². The Morgan fingerprint density at radius 2 is 1.15 bits per heavy atom. The molecule has 0 radical (unpaired) electrons. The van der Waals surface area contributed by atoms with Crippen LogP contribution in [0.15, 0.2) is 93.9 Å². The van der Waals surface area contributed by atoms with Crippen molar-refractivity contribution >= 4 is 31.9 Å². The Labute approximate surface area is 262 Å². The number of benzene rings is 4. The van der Waals surface area contributed by atoms with Crippen molar-refractivity contribution in [2.24, 2.45) is 0 Å². The minimum Gasteiger partial charge on any atom is -0.494 e. The fourth-order valence-electron chi connectivity index (χ4n) is 6.13. The van der Waals surface area contributed by atoms with Crippen LogP contribution in [0.1, 0.15) is 87.5 Å². The van der Waals surface area contributed by atoms with Gasteiger partial charge >= 0.3 is 0 Å². The Bertz CT molecular complexity index is 1370. The summed E-state index contributed by atoms with van der Waals surface area (Å²) in [5, 5.41) is 0. The minimum atomic E-state index is -0.475. The zero-order valence-electron chi connectivity index (χ0n) is 24.2. The van der Waals surface area contributed by atoms with Crippen molar-refractivity contribution < 1.29 is 9.47 Å². The molecule has 1 aliphatic carbocycles. The summed E-state index contributed by atoms with van der Waals surface area (Å²) in [5.74, 6) is 1.85. The lowest BCUT2D eigenvalue weighted by Crippen LogP contribution is -2.28. The molecule has 0 atom stereocenters. The Morgan fingerprint density at radius 1 is 0.585 bits per heavy atom. The van der Waals surface area contributed by atoms with Crippen molar-refractivity contribution in [2.75, 3.05) is 13.2 Å². The highest BCUT2D eigenvalue weighted by atomic mass is 79.9. The van der Waals surface area contributed by atoms with Gasteiger partial charge in [0.15, 0.2) is 0 Å². The maximum Gasteiger partial charge on any atom is 0.119 e. The van der Waals surface area contributed by atoms with Crippen molar-refractivity contribution in [3.63, 3.8) is 0 Å². The van der Waals surface area contributed by atoms with E-state index in [4.69, 9.17) is 9.47 Å². The van der Waals surface area contributed by atoms with E-state index in [-0.39, 0.29) is 0 Å². The van der Waals surface area contributed by atoms with Crippen molar-refractivity contribution in [1.82, 2.24) is 0 Å². The van der Waals surface area contributed by atoms with Gasteiger partial charge in [0.1, 0.15) is 11.5 Å². The zero-order chi connectivity index (χ0) is 28.7. The fourth-order valence-corrected chi connectivity index (χ4v) is 7.07. The second-order valence-corrected chi connectivity index (χ2v) is 12.7. The molecular formula is C37H40Br2O2. The van der Waals surface area contributed by atoms with Crippen LogP contribution in [0.4, 0.5) is 0 Å². The predicted octanol–water partition coefficient (Wildman–Crippen LogP) is 11.5. The van der Waals surface area contributed by atoms with Crippen LogP contribution in [-0.2, 0) is 5.41 Å². The van der Waals surface area contributed by atoms with Gasteiger partial charge in [-0.1, -0.05) is 127 Å². The zero-order valence-corrected chi connectivity index (χ0v) is 27.4. The van der Waals surface area contributed by atoms with Gasteiger partial charge < -0.3 is 9.47 Å². The molecule has 0 unspecified atom stereocenters. The molecule has 0 fully saturated rings. The fraction of sp³-hybridized carbons (Fsp3) is 0.351. The molecule has 4 aromatic rings. The molecule has 2 nitrogen and oxygen atoms in total. The van der Waals surface area contributed by atoms with Crippen LogP contribution in [-0.4, -0.2) is 13.2 Å². The third-order valence-corrected chi connectivity index (χ3v) is 9.33. The molecule has 4 aromatic carbocycles. The molecule has 41 heavy (non-hydrogen) atoms. The van der Waals surface area contributed by atoms with Gasteiger partial charge in [0.25, 0.3) is 0 Å². The van der Waals surface area contributed by atoms with E-state index in [2.05, 4.69) is 131 Å². The van der Waals surface area contributed by atoms with Gasteiger partial charge in [-0.05, 0) is 83.1 Å². The summed E-state index contributed by atoms with van der Waals surface area (Å²) in [7, 11) is 0. The number of hydrogen-bond acceptors (Lipinski definition) is 2. The van der Waals surface area contributed by atoms with Crippen molar-refractivity contribution in [3.05, 3.63) is 116 Å². The van der Waals surface area contributed by atoms with Crippen molar-refractivity contribution in [2.45, 2.75) is 70.6 Å². The first-order valence-electron chi connectivity index (χ1n) is 15.2. The van der Waals surface area contributed by atoms with Crippen molar-refractivity contribution in [3.8, 4) is 22.6 Å². The average Bonchev–Trinajstić information content (AvgIpc) is 3.29. The predicted molar refractivity (Wildman–Crippen MR) is 178 cm³/mol. The molecule has 0 bridgehead atoms. The molecule has 0 saturated heterocycles. The molecule has 0 saturated carbocycles. The standard InChI is InChI=1S/C37H40Br2O2/c1-3-5-7-9-24-40-30-19-14-27(15-20-30)37(28-16-21-31(22-17-28)41-25-10-8-6-4-2)33-12-11-13-35(39)36(33)32-23-18-29(38)26-34(32)37/h11-23,26H,3-10,24-25H2,1-2H3. The molecule has 214 valence electrons. The molecule has 0 spiro atoms. The van der Waals surface area contributed by atoms with Gasteiger partial charge in [-0.3, -0.25) is 0 Å². The first kappa shape index (κ1) is 29.9. The van der Waals surface area contributed by atoms with Gasteiger partial charge in [-0.2, -0.15) is 0 Å². The quantitative estimate of drug-likeness (QED) is 0.109. The van der Waals surface area contributed by atoms with Gasteiger partial charge in [0, 0.05) is 14.5 Å². The normalized spacial score (nSPS) is 13.1. The van der Waals surface area contributed by atoms with Crippen LogP contribution in [0, 0.1) is 0 Å². The molecular weight excluding hydrogens is 636 g/mol. The number of ether oxygens (including phenoxy) is 2. The Kier molecular flexibility index (Phi) is 10.3. The third-order valence-electron chi connectivity index (χ3n) is 8.18. The van der Waals surface area contributed by atoms with Gasteiger partial charge in [-0.25, -0.2) is 0 Å². The maximum atomic E-state index is 6.13. The Balaban J connectivity index is 1.56. The SMILES string of the molecule is CCCCCCOc1ccc(C2(c3ccc(OCCCCCC)cc3)c3cc(Br)ccc3-c3c(Br)cccc32)cc1. The van der Waals surface area contributed by atoms with Crippen LogP contribution in [0.2, 0.25) is 0 Å². The summed E-state index contributed by atoms with van der Waals surface area (Å²) in [6.07, 6.45) is 9.61. The molecule has 0 N–H and O–H groups in total. The second-order valence-electron chi connectivity index (χ2n) is 11.0. The number of hydrogen-bond donors (Lipinski definition) is 0. The van der Waals surface area contributed by atoms with Gasteiger partial charge in [0.05, 0.1) is 18.6 Å². The largest absolute Gasteiger partial charge is 0.494 e. The highest BCUT2D eigenvalue weighted by Crippen LogP contribution is 2.58. The van der Waals surface area contributed by atoms with E-state index < -0.39 is 5.41 Å². The summed E-state index contributed by atoms with van der Waals surface area (Å²) in [4.78, 5) is 0. The molecule has 1 aliphatic rings. The van der Waals surface area contributed by atoms with Crippen LogP contribution in [0.5, 0.6) is 11.5 Å². The van der Waals surface area contributed by atoms with E-state index in [9.17, 15) is 0 Å². The summed E-state index contributed by atoms with van der Waals surface area (Å²) >= 11 is 7.69. The first-order valence-corrected chi connectivity index (χ1v) is 16.7. The van der Waals surface area contributed by atoms with Gasteiger partial charge in [0.2, 0.25) is 0 Å². The molecule has 0 amide bonds. The highest BCUT2D eigenvalue weighted by molar-refractivity contribution is 9.10. The Morgan fingerprint density at radius 3 is 1.68 bits per heavy atom. The molecule has 5 rings (SSSR count). The number of fused-ring (bicyclic) bond motifs is 3. The summed E-state index contributed by atoms with van der Waals surface area (Å²) in [6, 6.07) is 30.8. The van der Waals surface area contributed by atoms with E-state index in [1.54, 1.807) is 0 Å². The number of halogens is 2. The smallest absolute Gasteiger partial charge is 0.119 e. The number of rotatable bonds is 14. The second kappa shape index (κ2) is 14.1. The van der Waals surface area contributed by atoms with E-state index in [0.29, 0.717) is 0 Å². The van der Waals surface area contributed by atoms with Gasteiger partial charge in [-0.15, -0.1) is 0 Å². The topological polar surface area (TPSA) is 18.5 Å². The van der Waals surface area contributed by atoms with E-state index in [1.807, 2.05) is 0 Å². The number of unbranched alkanes of at least 4 members (excludes halogenated alkanes) is 6. The molecule has 0 heterocycles. The molecule has 4 heteroatoms. The summed E-state index contributed by atoms with van der Waals surface area (Å²) in [5.41, 5.74) is 7.03. The lowest BCUT2D eigenvalue weighted by molar-refractivity contribution is 0.305. The lowest BCUT2D eigenvalue weighted by Gasteiger charge is -2.34. The lowest BCUT2D eigenvalue weighted by atomic mass is 9.67. The minimum absolute atomic E-state index is 0.475. The van der Waals surface area contributed by atoms with E-state index >= 15 is 0 Å². The Hall–Kier alpha value is -2.56. The van der Waals surface area contributed by atoms with Crippen molar-refractivity contribution in [1.29, 1.82) is 0 Å². The summed E-state index contributed by atoms with van der Waals surface area (Å²) < 4.78 is 14.4. The van der Waals surface area contributed by atoms with Crippen LogP contribution >= 0.6 is 31.9 Å². The third kappa shape index (κ3) is 6.29. The average molecular weight is 677 g/mol. The first-order chi connectivity index (χ1) is 20.1. The van der Waals surface area contributed by atoms with Crippen LogP contribution in [0.25, 0.3) is 11.1 Å². The molecule has 0 aromatic heterocycles. The summed E-state index contributed by atoms with van der Waals surface area (Å²) in [6.45, 7) is 5.99. The van der Waals surface area contributed by atoms with Crippen LogP contribution < -0.4 is 9.47 Å². The monoisotopic (exact) mass is 674 g/mol. The highest BCUT2D eigenvalue weighted by Gasteiger charge is 2.46. The molecule has 0 aliphatic heterocycles. The van der Waals surface area contributed by atoms with E-state index in [1.165, 1.54) is 71.9 Å². The van der Waals surface area contributed by atoms with Crippen LogP contribution in [0.3, 0.4) is 0 Å².